The first kappa shape index (κ1) is 41.0. The molecule has 1 unspecified atom stereocenters. The van der Waals surface area contributed by atoms with E-state index in [1.54, 1.807) is 32.9 Å². The molecule has 3 aromatic rings. The summed E-state index contributed by atoms with van der Waals surface area (Å²) in [6, 6.07) is 4.94. The molecule has 7 aliphatic rings. The van der Waals surface area contributed by atoms with Crippen molar-refractivity contribution >= 4 is 29.9 Å². The minimum Gasteiger partial charge on any atom is -0.504 e. The predicted molar refractivity (Wildman–Crippen MR) is 219 cm³/mol. The lowest BCUT2D eigenvalue weighted by molar-refractivity contribution is -0.155. The third-order valence-corrected chi connectivity index (χ3v) is 14.0. The van der Waals surface area contributed by atoms with Crippen molar-refractivity contribution in [3.05, 3.63) is 62.7 Å². The smallest absolute Gasteiger partial charge is 0.504 e. The van der Waals surface area contributed by atoms with Gasteiger partial charge in [-0.2, -0.15) is 5.26 Å². The van der Waals surface area contributed by atoms with Crippen LogP contribution in [0.5, 0.6) is 40.2 Å². The van der Waals surface area contributed by atoms with Gasteiger partial charge in [-0.3, -0.25) is 15.0 Å². The molecule has 7 aliphatic heterocycles. The second kappa shape index (κ2) is 14.9. The van der Waals surface area contributed by atoms with Crippen molar-refractivity contribution in [2.75, 3.05) is 39.9 Å². The van der Waals surface area contributed by atoms with Gasteiger partial charge in [0.15, 0.2) is 40.0 Å². The number of ether oxygens (including phenoxy) is 8. The standard InChI is InChI=1S/C44H48N4O12S/c1-19-11-23-12-25-26(15-45)48-27-16-55-41(51)44(24-14-28(53-7)29(13-22(24)9-10-46-44)59-42(52)60-43(4,5)6)17-61-40(34(48)33(47-25)30(23)35(50)36(19)54-8)32-31(27)39-38(56-18-57-39)20(2)37(32)58-21(3)49/h11,13-14,25-27,33-34,40,46-47,50H,9-10,12,16-18H2,1-8H3/t25-,26+,27-,33+,34?,40-,44-/m1/s1. The molecule has 16 nitrogen and oxygen atoms in total. The van der Waals surface area contributed by atoms with Gasteiger partial charge in [0.1, 0.15) is 24.0 Å². The van der Waals surface area contributed by atoms with Crippen LogP contribution in [0, 0.1) is 25.2 Å². The Hall–Kier alpha value is -5.41. The van der Waals surface area contributed by atoms with Crippen LogP contribution in [-0.2, 0) is 37.4 Å². The molecule has 17 heteroatoms. The third kappa shape index (κ3) is 6.40. The van der Waals surface area contributed by atoms with Crippen molar-refractivity contribution in [1.29, 1.82) is 5.26 Å². The van der Waals surface area contributed by atoms with Gasteiger partial charge < -0.3 is 48.3 Å². The first-order chi connectivity index (χ1) is 29.1. The summed E-state index contributed by atoms with van der Waals surface area (Å²) in [5.41, 5.74) is 3.21. The van der Waals surface area contributed by atoms with Gasteiger partial charge in [0, 0.05) is 53.6 Å². The molecule has 0 aliphatic carbocycles. The molecule has 1 spiro atoms. The molecule has 7 heterocycles. The maximum Gasteiger partial charge on any atom is 0.514 e. The number of nitrogens with one attached hydrogen (secondary N) is 2. The molecule has 2 fully saturated rings. The number of nitriles is 1. The minimum absolute atomic E-state index is 0.00588. The predicted octanol–water partition coefficient (Wildman–Crippen LogP) is 5.25. The van der Waals surface area contributed by atoms with Crippen molar-refractivity contribution in [3.63, 3.8) is 0 Å². The van der Waals surface area contributed by atoms with E-state index < -0.39 is 58.7 Å². The molecule has 7 atom stereocenters. The molecule has 0 amide bonds. The summed E-state index contributed by atoms with van der Waals surface area (Å²) >= 11 is 1.44. The number of phenolic OH excluding ortho intramolecular Hbond substituents is 1. The highest BCUT2D eigenvalue weighted by molar-refractivity contribution is 7.99. The van der Waals surface area contributed by atoms with Crippen LogP contribution in [0.3, 0.4) is 0 Å². The van der Waals surface area contributed by atoms with E-state index in [4.69, 9.17) is 37.9 Å². The normalized spacial score (nSPS) is 27.0. The minimum atomic E-state index is -1.45. The fourth-order valence-electron chi connectivity index (χ4n) is 10.2. The van der Waals surface area contributed by atoms with Crippen LogP contribution in [0.4, 0.5) is 4.79 Å². The molecule has 3 aromatic carbocycles. The Bertz CT molecular complexity index is 2430. The van der Waals surface area contributed by atoms with E-state index in [1.807, 2.05) is 19.9 Å². The number of nitrogens with zero attached hydrogens (tertiary/aromatic N) is 2. The number of rotatable bonds is 4. The zero-order chi connectivity index (χ0) is 43.3. The lowest BCUT2D eigenvalue weighted by Crippen LogP contribution is -2.69. The SMILES string of the molecule is COc1cc2c(cc1OC(=O)OC(C)(C)C)CCN[C@]21CS[C@@H]2c3c(OC(C)=O)c(C)c4c(c3[C@@H](COC1=O)N1C2[C@H]2N[C@H](Cc3cc(C)c(OC)c(O)c32)[C@@H]1C#N)OCO4. The molecule has 322 valence electrons. The number of carbonyl (C=O) groups excluding carboxylic acids is 3. The number of fused-ring (bicyclic) bond motifs is 9. The number of aryl methyl sites for hydroxylation is 1. The molecule has 4 bridgehead atoms. The van der Waals surface area contributed by atoms with Gasteiger partial charge in [0.05, 0.1) is 37.6 Å². The molecule has 0 aromatic heterocycles. The topological polar surface area (TPSA) is 196 Å². The summed E-state index contributed by atoms with van der Waals surface area (Å²) < 4.78 is 47.4. The maximum atomic E-state index is 15.0. The highest BCUT2D eigenvalue weighted by atomic mass is 32.2. The van der Waals surface area contributed by atoms with Crippen molar-refractivity contribution in [1.82, 2.24) is 15.5 Å². The summed E-state index contributed by atoms with van der Waals surface area (Å²) in [6.45, 7) is 10.3. The van der Waals surface area contributed by atoms with Crippen molar-refractivity contribution in [2.24, 2.45) is 0 Å². The Morgan fingerprint density at radius 3 is 2.48 bits per heavy atom. The maximum absolute atomic E-state index is 15.0. The molecule has 2 saturated heterocycles. The molecule has 61 heavy (non-hydrogen) atoms. The highest BCUT2D eigenvalue weighted by Crippen LogP contribution is 2.63. The van der Waals surface area contributed by atoms with Crippen molar-refractivity contribution in [3.8, 4) is 46.3 Å². The Morgan fingerprint density at radius 2 is 1.77 bits per heavy atom. The molecule has 0 radical (unpaired) electrons. The van der Waals surface area contributed by atoms with E-state index >= 15 is 0 Å². The number of esters is 2. The van der Waals surface area contributed by atoms with Gasteiger partial charge in [-0.25, -0.2) is 9.59 Å². The highest BCUT2D eigenvalue weighted by Gasteiger charge is 2.60. The molecular weight excluding hydrogens is 809 g/mol. The van der Waals surface area contributed by atoms with E-state index in [0.717, 1.165) is 16.7 Å². The first-order valence-corrected chi connectivity index (χ1v) is 21.3. The van der Waals surface area contributed by atoms with Gasteiger partial charge in [-0.15, -0.1) is 11.8 Å². The second-order valence-corrected chi connectivity index (χ2v) is 18.3. The quantitative estimate of drug-likeness (QED) is 0.175. The number of hydrogen-bond donors (Lipinski definition) is 3. The number of hydrogen-bond acceptors (Lipinski definition) is 17. The van der Waals surface area contributed by atoms with E-state index in [2.05, 4.69) is 21.6 Å². The summed E-state index contributed by atoms with van der Waals surface area (Å²) in [5, 5.41) is 29.7. The molecular formula is C44H48N4O12S. The molecule has 3 N–H and O–H groups in total. The van der Waals surface area contributed by atoms with Crippen LogP contribution >= 0.6 is 11.8 Å². The number of piperazine rings is 1. The fourth-order valence-corrected chi connectivity index (χ4v) is 11.9. The van der Waals surface area contributed by atoms with Crippen LogP contribution in [0.1, 0.15) is 89.5 Å². The zero-order valence-corrected chi connectivity index (χ0v) is 36.0. The van der Waals surface area contributed by atoms with Gasteiger partial charge in [0.2, 0.25) is 6.79 Å². The third-order valence-electron chi connectivity index (χ3n) is 12.5. The van der Waals surface area contributed by atoms with Crippen molar-refractivity contribution < 1.29 is 57.4 Å². The number of methoxy groups -OCH3 is 2. The van der Waals surface area contributed by atoms with Crippen LogP contribution in [0.25, 0.3) is 0 Å². The van der Waals surface area contributed by atoms with E-state index in [0.29, 0.717) is 70.2 Å². The number of thioether (sulfide) groups is 1. The number of aromatic hydroxyl groups is 1. The Kier molecular flexibility index (Phi) is 10.0. The summed E-state index contributed by atoms with van der Waals surface area (Å²) in [7, 11) is 2.97. The summed E-state index contributed by atoms with van der Waals surface area (Å²) in [6.07, 6.45) is 0.0329. The lowest BCUT2D eigenvalue weighted by Gasteiger charge is -2.59. The van der Waals surface area contributed by atoms with E-state index in [-0.39, 0.29) is 42.4 Å². The average molecular weight is 857 g/mol. The van der Waals surface area contributed by atoms with Crippen LogP contribution in [0.15, 0.2) is 18.2 Å². The second-order valence-electron chi connectivity index (χ2n) is 17.2. The Balaban J connectivity index is 1.25. The number of phenols is 1. The average Bonchev–Trinajstić information content (AvgIpc) is 3.70. The van der Waals surface area contributed by atoms with E-state index in [1.165, 1.54) is 32.9 Å². The largest absolute Gasteiger partial charge is 0.514 e. The first-order valence-electron chi connectivity index (χ1n) is 20.2. The van der Waals surface area contributed by atoms with Gasteiger partial charge in [0.25, 0.3) is 0 Å². The summed E-state index contributed by atoms with van der Waals surface area (Å²) in [5.74, 6) is 0.847. The lowest BCUT2D eigenvalue weighted by atomic mass is 9.72. The number of carbonyl (C=O) groups is 3. The summed E-state index contributed by atoms with van der Waals surface area (Å²) in [4.78, 5) is 42.9. The Labute approximate surface area is 357 Å². The van der Waals surface area contributed by atoms with Crippen LogP contribution in [0.2, 0.25) is 0 Å². The zero-order valence-electron chi connectivity index (χ0n) is 35.2. The monoisotopic (exact) mass is 856 g/mol. The fraction of sp³-hybridized carbons (Fsp3) is 0.500. The van der Waals surface area contributed by atoms with Gasteiger partial charge >= 0.3 is 18.1 Å². The van der Waals surface area contributed by atoms with E-state index in [9.17, 15) is 24.8 Å². The Morgan fingerprint density at radius 1 is 1.00 bits per heavy atom. The number of benzene rings is 3. The van der Waals surface area contributed by atoms with Crippen LogP contribution < -0.4 is 39.1 Å². The molecule has 0 saturated carbocycles. The van der Waals surface area contributed by atoms with Crippen molar-refractivity contribution in [2.45, 2.75) is 101 Å². The van der Waals surface area contributed by atoms with Crippen LogP contribution in [-0.4, -0.2) is 91.7 Å². The van der Waals surface area contributed by atoms with Gasteiger partial charge in [-0.05, 0) is 81.8 Å². The van der Waals surface area contributed by atoms with Gasteiger partial charge in [-0.1, -0.05) is 6.07 Å². The molecule has 10 rings (SSSR count).